The summed E-state index contributed by atoms with van der Waals surface area (Å²) in [5.41, 5.74) is 0.842. The van der Waals surface area contributed by atoms with Gasteiger partial charge in [-0.1, -0.05) is 19.1 Å². The van der Waals surface area contributed by atoms with Crippen molar-refractivity contribution in [3.63, 3.8) is 0 Å². The van der Waals surface area contributed by atoms with Crippen molar-refractivity contribution in [1.82, 2.24) is 10.2 Å². The highest BCUT2D eigenvalue weighted by atomic mass is 16.5. The maximum atomic E-state index is 12.2. The predicted octanol–water partition coefficient (Wildman–Crippen LogP) is 1.93. The van der Waals surface area contributed by atoms with Crippen molar-refractivity contribution in [3.8, 4) is 5.75 Å². The van der Waals surface area contributed by atoms with Crippen LogP contribution in [0.5, 0.6) is 5.75 Å². The number of ether oxygens (including phenoxy) is 2. The van der Waals surface area contributed by atoms with Gasteiger partial charge in [0.05, 0.1) is 13.2 Å². The number of esters is 1. The quantitative estimate of drug-likeness (QED) is 0.489. The van der Waals surface area contributed by atoms with Crippen LogP contribution < -0.4 is 10.1 Å². The van der Waals surface area contributed by atoms with E-state index in [1.54, 1.807) is 30.3 Å². The van der Waals surface area contributed by atoms with Crippen LogP contribution >= 0.6 is 0 Å². The first-order valence-corrected chi connectivity index (χ1v) is 7.62. The molecule has 0 aromatic heterocycles. The zero-order valence-corrected chi connectivity index (χ0v) is 13.9. The Kier molecular flexibility index (Phi) is 5.57. The van der Waals surface area contributed by atoms with Crippen LogP contribution in [0.2, 0.25) is 0 Å². The third-order valence-electron chi connectivity index (χ3n) is 3.58. The van der Waals surface area contributed by atoms with E-state index < -0.39 is 24.5 Å². The van der Waals surface area contributed by atoms with Gasteiger partial charge in [0.25, 0.3) is 5.91 Å². The second kappa shape index (κ2) is 7.63. The van der Waals surface area contributed by atoms with Crippen LogP contribution in [0.3, 0.4) is 0 Å². The molecule has 24 heavy (non-hydrogen) atoms. The third kappa shape index (κ3) is 4.13. The lowest BCUT2D eigenvalue weighted by Crippen LogP contribution is -2.36. The molecular weight excluding hydrogens is 312 g/mol. The molecule has 0 spiro atoms. The Morgan fingerprint density at radius 1 is 1.29 bits per heavy atom. The fourth-order valence-electron chi connectivity index (χ4n) is 2.03. The summed E-state index contributed by atoms with van der Waals surface area (Å²) in [5.74, 6) is -0.489. The van der Waals surface area contributed by atoms with Crippen LogP contribution in [0.25, 0.3) is 6.08 Å². The average molecular weight is 332 g/mol. The van der Waals surface area contributed by atoms with Gasteiger partial charge in [-0.2, -0.15) is 0 Å². The highest BCUT2D eigenvalue weighted by Gasteiger charge is 2.35. The van der Waals surface area contributed by atoms with Crippen molar-refractivity contribution in [2.75, 3.05) is 13.7 Å². The molecule has 7 nitrogen and oxygen atoms in total. The van der Waals surface area contributed by atoms with Crippen molar-refractivity contribution in [1.29, 1.82) is 0 Å². The molecule has 0 unspecified atom stereocenters. The number of carbonyl (C=O) groups excluding carboxylic acids is 3. The molecule has 0 radical (unpaired) electrons. The van der Waals surface area contributed by atoms with Crippen LogP contribution in [-0.2, 0) is 14.3 Å². The van der Waals surface area contributed by atoms with Crippen molar-refractivity contribution in [3.05, 3.63) is 35.5 Å². The fourth-order valence-corrected chi connectivity index (χ4v) is 2.03. The number of rotatable bonds is 6. The Balaban J connectivity index is 2.09. The molecule has 0 bridgehead atoms. The van der Waals surface area contributed by atoms with Gasteiger partial charge in [-0.15, -0.1) is 0 Å². The lowest BCUT2D eigenvalue weighted by Gasteiger charge is -2.12. The second-order valence-electron chi connectivity index (χ2n) is 5.36. The Morgan fingerprint density at radius 2 is 1.96 bits per heavy atom. The van der Waals surface area contributed by atoms with Crippen molar-refractivity contribution < 1.29 is 23.9 Å². The smallest absolute Gasteiger partial charge is 0.329 e. The summed E-state index contributed by atoms with van der Waals surface area (Å²) < 4.78 is 10.2. The molecule has 128 valence electrons. The number of hydrogen-bond acceptors (Lipinski definition) is 5. The fraction of sp³-hybridized carbons (Fsp3) is 0.353. The number of imide groups is 1. The van der Waals surface area contributed by atoms with E-state index in [-0.39, 0.29) is 11.8 Å². The standard InChI is InChI=1S/C17H20N2O5/c1-4-11(2)24-13-7-5-12(6-8-13)9-14-16(21)19(17(22)18-14)10-15(20)23-3/h5-9,11H,4,10H2,1-3H3,(H,18,22)/b14-9+/t11-/m0/s1. The van der Waals surface area contributed by atoms with Gasteiger partial charge in [0, 0.05) is 0 Å². The van der Waals surface area contributed by atoms with E-state index in [1.807, 2.05) is 13.8 Å². The molecule has 2 rings (SSSR count). The molecule has 0 saturated carbocycles. The molecule has 1 aromatic carbocycles. The van der Waals surface area contributed by atoms with Gasteiger partial charge in [-0.05, 0) is 37.1 Å². The van der Waals surface area contributed by atoms with E-state index >= 15 is 0 Å². The van der Waals surface area contributed by atoms with Crippen LogP contribution in [0.15, 0.2) is 30.0 Å². The minimum Gasteiger partial charge on any atom is -0.491 e. The largest absolute Gasteiger partial charge is 0.491 e. The zero-order valence-electron chi connectivity index (χ0n) is 13.9. The summed E-state index contributed by atoms with van der Waals surface area (Å²) in [6, 6.07) is 6.52. The zero-order chi connectivity index (χ0) is 17.7. The van der Waals surface area contributed by atoms with Crippen LogP contribution in [0, 0.1) is 0 Å². The van der Waals surface area contributed by atoms with Gasteiger partial charge in [0.15, 0.2) is 0 Å². The summed E-state index contributed by atoms with van der Waals surface area (Å²) >= 11 is 0. The molecule has 3 amide bonds. The van der Waals surface area contributed by atoms with E-state index in [2.05, 4.69) is 10.1 Å². The highest BCUT2D eigenvalue weighted by molar-refractivity contribution is 6.15. The summed E-state index contributed by atoms with van der Waals surface area (Å²) in [7, 11) is 1.20. The third-order valence-corrected chi connectivity index (χ3v) is 3.58. The van der Waals surface area contributed by atoms with Crippen molar-refractivity contribution >= 4 is 24.0 Å². The molecule has 1 N–H and O–H groups in total. The van der Waals surface area contributed by atoms with Gasteiger partial charge in [0.1, 0.15) is 18.0 Å². The van der Waals surface area contributed by atoms with E-state index in [0.717, 1.165) is 22.6 Å². The SMILES string of the molecule is CC[C@H](C)Oc1ccc(/C=C2/NC(=O)N(CC(=O)OC)C2=O)cc1. The molecule has 1 aromatic rings. The minimum absolute atomic E-state index is 0.111. The summed E-state index contributed by atoms with van der Waals surface area (Å²) in [6.45, 7) is 3.61. The van der Waals surface area contributed by atoms with Gasteiger partial charge in [-0.3, -0.25) is 9.59 Å². The summed E-state index contributed by atoms with van der Waals surface area (Å²) in [4.78, 5) is 36.0. The number of methoxy groups -OCH3 is 1. The molecule has 1 fully saturated rings. The Morgan fingerprint density at radius 3 is 2.54 bits per heavy atom. The molecule has 1 atom stereocenters. The highest BCUT2D eigenvalue weighted by Crippen LogP contribution is 2.18. The minimum atomic E-state index is -0.661. The molecule has 1 saturated heterocycles. The Labute approximate surface area is 140 Å². The number of benzene rings is 1. The van der Waals surface area contributed by atoms with Crippen LogP contribution in [0.4, 0.5) is 4.79 Å². The van der Waals surface area contributed by atoms with E-state index in [1.165, 1.54) is 7.11 Å². The van der Waals surface area contributed by atoms with E-state index in [0.29, 0.717) is 0 Å². The molecular formula is C17H20N2O5. The van der Waals surface area contributed by atoms with Crippen LogP contribution in [-0.4, -0.2) is 42.6 Å². The van der Waals surface area contributed by atoms with Gasteiger partial charge < -0.3 is 14.8 Å². The van der Waals surface area contributed by atoms with Gasteiger partial charge >= 0.3 is 12.0 Å². The molecule has 1 heterocycles. The normalized spacial score (nSPS) is 17.0. The monoisotopic (exact) mass is 332 g/mol. The topological polar surface area (TPSA) is 84.9 Å². The molecule has 1 aliphatic rings. The second-order valence-corrected chi connectivity index (χ2v) is 5.36. The molecule has 1 aliphatic heterocycles. The van der Waals surface area contributed by atoms with E-state index in [9.17, 15) is 14.4 Å². The summed E-state index contributed by atoms with van der Waals surface area (Å²) in [5, 5.41) is 2.45. The maximum absolute atomic E-state index is 12.2. The lowest BCUT2D eigenvalue weighted by atomic mass is 10.2. The first-order chi connectivity index (χ1) is 11.4. The average Bonchev–Trinajstić information content (AvgIpc) is 2.83. The first kappa shape index (κ1) is 17.5. The van der Waals surface area contributed by atoms with Crippen LogP contribution in [0.1, 0.15) is 25.8 Å². The Hall–Kier alpha value is -2.83. The number of nitrogens with zero attached hydrogens (tertiary/aromatic N) is 1. The number of hydrogen-bond donors (Lipinski definition) is 1. The van der Waals surface area contributed by atoms with Crippen molar-refractivity contribution in [2.45, 2.75) is 26.4 Å². The summed E-state index contributed by atoms with van der Waals surface area (Å²) in [6.07, 6.45) is 2.57. The predicted molar refractivity (Wildman–Crippen MR) is 87.1 cm³/mol. The van der Waals surface area contributed by atoms with E-state index in [4.69, 9.17) is 4.74 Å². The number of amides is 3. The molecule has 0 aliphatic carbocycles. The lowest BCUT2D eigenvalue weighted by molar-refractivity contribution is -0.143. The Bertz CT molecular complexity index is 666. The number of urea groups is 1. The molecule has 7 heteroatoms. The number of carbonyl (C=O) groups is 3. The maximum Gasteiger partial charge on any atom is 0.329 e. The van der Waals surface area contributed by atoms with Gasteiger partial charge in [-0.25, -0.2) is 9.69 Å². The van der Waals surface area contributed by atoms with Gasteiger partial charge in [0.2, 0.25) is 0 Å². The first-order valence-electron chi connectivity index (χ1n) is 7.62. The van der Waals surface area contributed by atoms with Crippen molar-refractivity contribution in [2.24, 2.45) is 0 Å². The number of nitrogens with one attached hydrogen (secondary N) is 1.